The van der Waals surface area contributed by atoms with E-state index < -0.39 is 0 Å². The Bertz CT molecular complexity index is 559. The summed E-state index contributed by atoms with van der Waals surface area (Å²) >= 11 is 0. The number of aryl methyl sites for hydroxylation is 2. The van der Waals surface area contributed by atoms with Gasteiger partial charge in [0.25, 0.3) is 0 Å². The maximum atomic E-state index is 4.51. The van der Waals surface area contributed by atoms with E-state index in [2.05, 4.69) is 40.3 Å². The standard InChI is InChI=1S/C14H21N5/c1-5-7-15-13-12(6-2)14(17-9-16-13)19-11(4)8-10(3)18-19/h8-9H,5-7H2,1-4H3,(H,15,16,17). The van der Waals surface area contributed by atoms with Crippen LogP contribution in [0.25, 0.3) is 5.82 Å². The fraction of sp³-hybridized carbons (Fsp3) is 0.500. The Morgan fingerprint density at radius 2 is 2.00 bits per heavy atom. The van der Waals surface area contributed by atoms with Crippen LogP contribution in [0.1, 0.15) is 37.2 Å². The van der Waals surface area contributed by atoms with Crippen molar-refractivity contribution >= 4 is 5.82 Å². The molecule has 0 aliphatic heterocycles. The van der Waals surface area contributed by atoms with Crippen molar-refractivity contribution in [2.45, 2.75) is 40.5 Å². The highest BCUT2D eigenvalue weighted by atomic mass is 15.3. The van der Waals surface area contributed by atoms with Gasteiger partial charge >= 0.3 is 0 Å². The summed E-state index contributed by atoms with van der Waals surface area (Å²) in [5, 5.41) is 7.87. The summed E-state index contributed by atoms with van der Waals surface area (Å²) in [6.07, 6.45) is 3.55. The van der Waals surface area contributed by atoms with Gasteiger partial charge in [-0.1, -0.05) is 13.8 Å². The predicted molar refractivity (Wildman–Crippen MR) is 76.8 cm³/mol. The molecule has 19 heavy (non-hydrogen) atoms. The molecule has 2 aromatic heterocycles. The normalized spacial score (nSPS) is 10.7. The molecule has 5 heteroatoms. The predicted octanol–water partition coefficient (Wildman–Crippen LogP) is 2.66. The topological polar surface area (TPSA) is 55.6 Å². The van der Waals surface area contributed by atoms with Gasteiger partial charge in [-0.3, -0.25) is 0 Å². The lowest BCUT2D eigenvalue weighted by Crippen LogP contribution is -2.12. The van der Waals surface area contributed by atoms with E-state index >= 15 is 0 Å². The van der Waals surface area contributed by atoms with E-state index in [1.54, 1.807) is 6.33 Å². The molecule has 0 unspecified atom stereocenters. The van der Waals surface area contributed by atoms with E-state index in [0.29, 0.717) is 0 Å². The lowest BCUT2D eigenvalue weighted by atomic mass is 10.2. The molecule has 0 radical (unpaired) electrons. The average Bonchev–Trinajstić information content (AvgIpc) is 2.74. The molecule has 0 saturated heterocycles. The minimum absolute atomic E-state index is 0.876. The second-order valence-corrected chi connectivity index (χ2v) is 4.64. The van der Waals surface area contributed by atoms with Crippen LogP contribution in [0.15, 0.2) is 12.4 Å². The van der Waals surface area contributed by atoms with Crippen LogP contribution in [0.5, 0.6) is 0 Å². The first-order chi connectivity index (χ1) is 9.17. The maximum absolute atomic E-state index is 4.51. The molecule has 0 aliphatic carbocycles. The third-order valence-corrected chi connectivity index (χ3v) is 3.03. The number of aromatic nitrogens is 4. The van der Waals surface area contributed by atoms with Gasteiger partial charge in [0.15, 0.2) is 5.82 Å². The number of anilines is 1. The Morgan fingerprint density at radius 3 is 2.58 bits per heavy atom. The van der Waals surface area contributed by atoms with Gasteiger partial charge in [-0.05, 0) is 32.8 Å². The minimum Gasteiger partial charge on any atom is -0.370 e. The van der Waals surface area contributed by atoms with E-state index in [9.17, 15) is 0 Å². The molecule has 0 bridgehead atoms. The van der Waals surface area contributed by atoms with Crippen LogP contribution in [-0.4, -0.2) is 26.3 Å². The van der Waals surface area contributed by atoms with Crippen LogP contribution < -0.4 is 5.32 Å². The van der Waals surface area contributed by atoms with Gasteiger partial charge in [0, 0.05) is 17.8 Å². The van der Waals surface area contributed by atoms with Crippen molar-refractivity contribution in [1.82, 2.24) is 19.7 Å². The average molecular weight is 259 g/mol. The molecular weight excluding hydrogens is 238 g/mol. The summed E-state index contributed by atoms with van der Waals surface area (Å²) in [7, 11) is 0. The summed E-state index contributed by atoms with van der Waals surface area (Å²) in [5.74, 6) is 1.80. The molecule has 0 atom stereocenters. The van der Waals surface area contributed by atoms with Crippen LogP contribution in [-0.2, 0) is 6.42 Å². The first kappa shape index (κ1) is 13.5. The Morgan fingerprint density at radius 1 is 1.21 bits per heavy atom. The second kappa shape index (κ2) is 5.82. The van der Waals surface area contributed by atoms with Crippen molar-refractivity contribution in [3.63, 3.8) is 0 Å². The molecule has 0 amide bonds. The van der Waals surface area contributed by atoms with Crippen LogP contribution in [0.2, 0.25) is 0 Å². The quantitative estimate of drug-likeness (QED) is 0.897. The van der Waals surface area contributed by atoms with Crippen molar-refractivity contribution < 1.29 is 0 Å². The summed E-state index contributed by atoms with van der Waals surface area (Å²) in [6, 6.07) is 2.06. The van der Waals surface area contributed by atoms with Crippen LogP contribution in [0, 0.1) is 13.8 Å². The van der Waals surface area contributed by atoms with Gasteiger partial charge in [-0.15, -0.1) is 0 Å². The van der Waals surface area contributed by atoms with Crippen LogP contribution >= 0.6 is 0 Å². The van der Waals surface area contributed by atoms with Gasteiger partial charge in [0.1, 0.15) is 12.1 Å². The lowest BCUT2D eigenvalue weighted by Gasteiger charge is -2.13. The Kier molecular flexibility index (Phi) is 4.14. The highest BCUT2D eigenvalue weighted by molar-refractivity contribution is 5.52. The molecule has 2 heterocycles. The van der Waals surface area contributed by atoms with Gasteiger partial charge in [0.05, 0.1) is 5.69 Å². The van der Waals surface area contributed by atoms with E-state index in [1.807, 2.05) is 18.5 Å². The Balaban J connectivity index is 2.48. The largest absolute Gasteiger partial charge is 0.370 e. The highest BCUT2D eigenvalue weighted by Crippen LogP contribution is 2.20. The van der Waals surface area contributed by atoms with Gasteiger partial charge in [0.2, 0.25) is 0 Å². The van der Waals surface area contributed by atoms with Crippen molar-refractivity contribution in [2.75, 3.05) is 11.9 Å². The number of hydrogen-bond acceptors (Lipinski definition) is 4. The van der Waals surface area contributed by atoms with Crippen molar-refractivity contribution in [3.8, 4) is 5.82 Å². The van der Waals surface area contributed by atoms with Crippen molar-refractivity contribution in [3.05, 3.63) is 29.3 Å². The summed E-state index contributed by atoms with van der Waals surface area (Å²) in [5.41, 5.74) is 3.20. The zero-order chi connectivity index (χ0) is 13.8. The fourth-order valence-electron chi connectivity index (χ4n) is 2.15. The van der Waals surface area contributed by atoms with E-state index in [1.165, 1.54) is 0 Å². The lowest BCUT2D eigenvalue weighted by molar-refractivity contribution is 0.783. The fourth-order valence-corrected chi connectivity index (χ4v) is 2.15. The van der Waals surface area contributed by atoms with Gasteiger partial charge < -0.3 is 5.32 Å². The molecule has 0 saturated carbocycles. The third kappa shape index (κ3) is 2.75. The Labute approximate surface area is 114 Å². The smallest absolute Gasteiger partial charge is 0.162 e. The summed E-state index contributed by atoms with van der Waals surface area (Å²) < 4.78 is 1.90. The first-order valence-electron chi connectivity index (χ1n) is 6.78. The Hall–Kier alpha value is -1.91. The number of nitrogens with one attached hydrogen (secondary N) is 1. The maximum Gasteiger partial charge on any atom is 0.162 e. The summed E-state index contributed by atoms with van der Waals surface area (Å²) in [4.78, 5) is 8.76. The molecule has 0 aliphatic rings. The van der Waals surface area contributed by atoms with Crippen molar-refractivity contribution in [1.29, 1.82) is 0 Å². The molecule has 2 aromatic rings. The molecular formula is C14H21N5. The van der Waals surface area contributed by atoms with E-state index in [-0.39, 0.29) is 0 Å². The van der Waals surface area contributed by atoms with E-state index in [0.717, 1.165) is 48.0 Å². The van der Waals surface area contributed by atoms with E-state index in [4.69, 9.17) is 0 Å². The monoisotopic (exact) mass is 259 g/mol. The van der Waals surface area contributed by atoms with Gasteiger partial charge in [-0.2, -0.15) is 5.10 Å². The zero-order valence-electron chi connectivity index (χ0n) is 12.1. The van der Waals surface area contributed by atoms with Crippen LogP contribution in [0.4, 0.5) is 5.82 Å². The molecule has 1 N–H and O–H groups in total. The molecule has 0 spiro atoms. The number of rotatable bonds is 5. The minimum atomic E-state index is 0.876. The van der Waals surface area contributed by atoms with Crippen LogP contribution in [0.3, 0.4) is 0 Å². The first-order valence-corrected chi connectivity index (χ1v) is 6.78. The molecule has 0 fully saturated rings. The van der Waals surface area contributed by atoms with Gasteiger partial charge in [-0.25, -0.2) is 14.6 Å². The molecule has 0 aromatic carbocycles. The zero-order valence-corrected chi connectivity index (χ0v) is 12.1. The number of nitrogens with zero attached hydrogens (tertiary/aromatic N) is 4. The summed E-state index contributed by atoms with van der Waals surface area (Å²) in [6.45, 7) is 9.21. The highest BCUT2D eigenvalue weighted by Gasteiger charge is 2.13. The SMILES string of the molecule is CCCNc1ncnc(-n2nc(C)cc2C)c1CC. The molecule has 2 rings (SSSR count). The molecule has 102 valence electrons. The van der Waals surface area contributed by atoms with Crippen molar-refractivity contribution in [2.24, 2.45) is 0 Å². The third-order valence-electron chi connectivity index (χ3n) is 3.03. The second-order valence-electron chi connectivity index (χ2n) is 4.64. The number of hydrogen-bond donors (Lipinski definition) is 1. The molecule has 5 nitrogen and oxygen atoms in total.